The van der Waals surface area contributed by atoms with Gasteiger partial charge in [-0.25, -0.2) is 13.6 Å². The van der Waals surface area contributed by atoms with Crippen LogP contribution in [0.25, 0.3) is 0 Å². The van der Waals surface area contributed by atoms with E-state index >= 15 is 0 Å². The van der Waals surface area contributed by atoms with Crippen LogP contribution >= 0.6 is 15.9 Å². The first-order chi connectivity index (χ1) is 11.5. The topological polar surface area (TPSA) is 35.6 Å². The van der Waals surface area contributed by atoms with E-state index < -0.39 is 11.6 Å². The standard InChI is InChI=1S/C17H16BrF2N3O/c18-13-3-1-2-4-16(13)22-7-9-23(10-8-22)17(24)21-15-6-5-12(19)11-14(15)20/h1-6,11H,7-10H2,(H,21,24). The summed E-state index contributed by atoms with van der Waals surface area (Å²) >= 11 is 3.53. The maximum atomic E-state index is 13.6. The van der Waals surface area contributed by atoms with Crippen molar-refractivity contribution in [2.45, 2.75) is 0 Å². The highest BCUT2D eigenvalue weighted by atomic mass is 79.9. The molecule has 1 aliphatic rings. The van der Waals surface area contributed by atoms with E-state index in [2.05, 4.69) is 26.1 Å². The van der Waals surface area contributed by atoms with Gasteiger partial charge in [-0.15, -0.1) is 0 Å². The second-order valence-electron chi connectivity index (χ2n) is 5.48. The Morgan fingerprint density at radius 1 is 1.04 bits per heavy atom. The number of urea groups is 1. The van der Waals surface area contributed by atoms with Crippen molar-refractivity contribution in [2.75, 3.05) is 36.4 Å². The van der Waals surface area contributed by atoms with Crippen molar-refractivity contribution in [3.63, 3.8) is 0 Å². The number of rotatable bonds is 2. The summed E-state index contributed by atoms with van der Waals surface area (Å²) in [6.45, 7) is 2.41. The number of carbonyl (C=O) groups is 1. The first kappa shape index (κ1) is 16.7. The third-order valence-electron chi connectivity index (χ3n) is 3.93. The minimum Gasteiger partial charge on any atom is -0.367 e. The van der Waals surface area contributed by atoms with Crippen molar-refractivity contribution in [1.29, 1.82) is 0 Å². The van der Waals surface area contributed by atoms with Crippen molar-refractivity contribution in [2.24, 2.45) is 0 Å². The van der Waals surface area contributed by atoms with Gasteiger partial charge in [0, 0.05) is 36.7 Å². The Morgan fingerprint density at radius 3 is 2.42 bits per heavy atom. The van der Waals surface area contributed by atoms with Crippen LogP contribution in [-0.4, -0.2) is 37.1 Å². The van der Waals surface area contributed by atoms with Crippen LogP contribution in [0.1, 0.15) is 0 Å². The van der Waals surface area contributed by atoms with Gasteiger partial charge in [0.05, 0.1) is 11.4 Å². The number of nitrogens with one attached hydrogen (secondary N) is 1. The minimum atomic E-state index is -0.782. The summed E-state index contributed by atoms with van der Waals surface area (Å²) in [4.78, 5) is 16.0. The molecule has 1 heterocycles. The highest BCUT2D eigenvalue weighted by Crippen LogP contribution is 2.26. The number of hydrogen-bond acceptors (Lipinski definition) is 2. The number of carbonyl (C=O) groups excluding carboxylic acids is 1. The Morgan fingerprint density at radius 2 is 1.75 bits per heavy atom. The molecule has 3 rings (SSSR count). The summed E-state index contributed by atoms with van der Waals surface area (Å²) in [6, 6.07) is 10.6. The monoisotopic (exact) mass is 395 g/mol. The molecule has 2 aromatic rings. The Labute approximate surface area is 147 Å². The summed E-state index contributed by atoms with van der Waals surface area (Å²) < 4.78 is 27.5. The fourth-order valence-corrected chi connectivity index (χ4v) is 3.18. The number of para-hydroxylation sites is 1. The molecule has 0 saturated carbocycles. The van der Waals surface area contributed by atoms with Crippen LogP contribution in [0.3, 0.4) is 0 Å². The molecule has 1 aliphatic heterocycles. The molecule has 2 amide bonds. The van der Waals surface area contributed by atoms with Gasteiger partial charge in [-0.05, 0) is 40.2 Å². The van der Waals surface area contributed by atoms with E-state index in [4.69, 9.17) is 0 Å². The quantitative estimate of drug-likeness (QED) is 0.831. The molecule has 4 nitrogen and oxygen atoms in total. The number of piperazine rings is 1. The molecular weight excluding hydrogens is 380 g/mol. The van der Waals surface area contributed by atoms with E-state index in [0.717, 1.165) is 22.3 Å². The Balaban J connectivity index is 1.60. The SMILES string of the molecule is O=C(Nc1ccc(F)cc1F)N1CCN(c2ccccc2Br)CC1. The highest BCUT2D eigenvalue weighted by molar-refractivity contribution is 9.10. The van der Waals surface area contributed by atoms with Gasteiger partial charge in [-0.1, -0.05) is 12.1 Å². The lowest BCUT2D eigenvalue weighted by atomic mass is 10.2. The Hall–Kier alpha value is -2.15. The van der Waals surface area contributed by atoms with Gasteiger partial charge in [-0.2, -0.15) is 0 Å². The van der Waals surface area contributed by atoms with Gasteiger partial charge in [0.25, 0.3) is 0 Å². The van der Waals surface area contributed by atoms with E-state index in [1.54, 1.807) is 4.90 Å². The average Bonchev–Trinajstić information content (AvgIpc) is 2.58. The molecule has 126 valence electrons. The second-order valence-corrected chi connectivity index (χ2v) is 6.33. The van der Waals surface area contributed by atoms with E-state index in [9.17, 15) is 13.6 Å². The normalized spacial score (nSPS) is 14.6. The summed E-state index contributed by atoms with van der Waals surface area (Å²) in [5.41, 5.74) is 1.07. The van der Waals surface area contributed by atoms with Crippen LogP contribution in [0.2, 0.25) is 0 Å². The van der Waals surface area contributed by atoms with Crippen LogP contribution in [0.5, 0.6) is 0 Å². The zero-order chi connectivity index (χ0) is 17.1. The molecule has 0 radical (unpaired) electrons. The van der Waals surface area contributed by atoms with Crippen molar-refractivity contribution < 1.29 is 13.6 Å². The van der Waals surface area contributed by atoms with Crippen molar-refractivity contribution >= 4 is 33.3 Å². The number of hydrogen-bond donors (Lipinski definition) is 1. The molecule has 0 atom stereocenters. The van der Waals surface area contributed by atoms with Crippen LogP contribution in [0.15, 0.2) is 46.9 Å². The van der Waals surface area contributed by atoms with Gasteiger partial charge in [-0.3, -0.25) is 0 Å². The zero-order valence-electron chi connectivity index (χ0n) is 12.8. The lowest BCUT2D eigenvalue weighted by molar-refractivity contribution is 0.208. The number of nitrogens with zero attached hydrogens (tertiary/aromatic N) is 2. The van der Waals surface area contributed by atoms with Gasteiger partial charge in [0.15, 0.2) is 0 Å². The lowest BCUT2D eigenvalue weighted by Crippen LogP contribution is -2.50. The summed E-state index contributed by atoms with van der Waals surface area (Å²) in [6.07, 6.45) is 0. The highest BCUT2D eigenvalue weighted by Gasteiger charge is 2.22. The maximum absolute atomic E-state index is 13.6. The van der Waals surface area contributed by atoms with Crippen LogP contribution in [0.4, 0.5) is 25.0 Å². The molecule has 0 spiro atoms. The fourth-order valence-electron chi connectivity index (χ4n) is 2.64. The molecule has 1 saturated heterocycles. The first-order valence-corrected chi connectivity index (χ1v) is 8.34. The fraction of sp³-hybridized carbons (Fsp3) is 0.235. The molecule has 0 bridgehead atoms. The minimum absolute atomic E-state index is 0.0189. The van der Waals surface area contributed by atoms with Crippen LogP contribution < -0.4 is 10.2 Å². The number of anilines is 2. The number of halogens is 3. The Bertz CT molecular complexity index is 748. The van der Waals surface area contributed by atoms with Crippen LogP contribution in [-0.2, 0) is 0 Å². The van der Waals surface area contributed by atoms with Crippen molar-refractivity contribution in [3.05, 3.63) is 58.6 Å². The maximum Gasteiger partial charge on any atom is 0.322 e. The summed E-state index contributed by atoms with van der Waals surface area (Å²) in [7, 11) is 0. The predicted octanol–water partition coefficient (Wildman–Crippen LogP) is 4.08. The van der Waals surface area contributed by atoms with Crippen LogP contribution in [0, 0.1) is 11.6 Å². The molecule has 1 N–H and O–H groups in total. The largest absolute Gasteiger partial charge is 0.367 e. The molecule has 0 aromatic heterocycles. The predicted molar refractivity (Wildman–Crippen MR) is 93.3 cm³/mol. The van der Waals surface area contributed by atoms with E-state index in [1.807, 2.05) is 24.3 Å². The molecule has 0 aliphatic carbocycles. The lowest BCUT2D eigenvalue weighted by Gasteiger charge is -2.36. The average molecular weight is 396 g/mol. The number of benzene rings is 2. The van der Waals surface area contributed by atoms with Crippen molar-refractivity contribution in [3.8, 4) is 0 Å². The zero-order valence-corrected chi connectivity index (χ0v) is 14.4. The third-order valence-corrected chi connectivity index (χ3v) is 4.60. The van der Waals surface area contributed by atoms with Crippen molar-refractivity contribution in [1.82, 2.24) is 4.90 Å². The number of amides is 2. The van der Waals surface area contributed by atoms with Gasteiger partial charge >= 0.3 is 6.03 Å². The smallest absolute Gasteiger partial charge is 0.322 e. The van der Waals surface area contributed by atoms with Gasteiger partial charge in [0.2, 0.25) is 0 Å². The molecule has 1 fully saturated rings. The first-order valence-electron chi connectivity index (χ1n) is 7.55. The van der Waals surface area contributed by atoms with E-state index in [-0.39, 0.29) is 11.7 Å². The molecule has 24 heavy (non-hydrogen) atoms. The van der Waals surface area contributed by atoms with Gasteiger partial charge < -0.3 is 15.1 Å². The molecule has 0 unspecified atom stereocenters. The molecular formula is C17H16BrF2N3O. The van der Waals surface area contributed by atoms with E-state index in [0.29, 0.717) is 26.2 Å². The second kappa shape index (κ2) is 7.17. The summed E-state index contributed by atoms with van der Waals surface area (Å²) in [5, 5.41) is 2.49. The Kier molecular flexibility index (Phi) is 4.99. The third kappa shape index (κ3) is 3.67. The summed E-state index contributed by atoms with van der Waals surface area (Å²) in [5.74, 6) is -1.46. The van der Waals surface area contributed by atoms with Gasteiger partial charge in [0.1, 0.15) is 11.6 Å². The molecule has 7 heteroatoms. The molecule has 2 aromatic carbocycles. The van der Waals surface area contributed by atoms with E-state index in [1.165, 1.54) is 6.07 Å².